The fraction of sp³-hybridized carbons (Fsp3) is 0.368. The van der Waals surface area contributed by atoms with Crippen LogP contribution in [-0.2, 0) is 6.54 Å². The molecule has 1 heterocycles. The van der Waals surface area contributed by atoms with Crippen molar-refractivity contribution in [1.82, 2.24) is 4.90 Å². The minimum absolute atomic E-state index is 0.0366. The normalized spacial score (nSPS) is 18.3. The summed E-state index contributed by atoms with van der Waals surface area (Å²) >= 11 is 6.11. The van der Waals surface area contributed by atoms with Gasteiger partial charge in [-0.05, 0) is 42.6 Å². The highest BCUT2D eigenvalue weighted by Gasteiger charge is 2.24. The van der Waals surface area contributed by atoms with Crippen LogP contribution in [0.4, 0.5) is 0 Å². The minimum Gasteiger partial charge on any atom is -0.491 e. The third kappa shape index (κ3) is 4.25. The summed E-state index contributed by atoms with van der Waals surface area (Å²) in [7, 11) is 0. The molecule has 1 aliphatic heterocycles. The van der Waals surface area contributed by atoms with Crippen LogP contribution in [0.2, 0.25) is 5.02 Å². The summed E-state index contributed by atoms with van der Waals surface area (Å²) in [6.07, 6.45) is 1.15. The highest BCUT2D eigenvalue weighted by Crippen LogP contribution is 2.30. The Morgan fingerprint density at radius 2 is 2.04 bits per heavy atom. The maximum absolute atomic E-state index is 8.94. The summed E-state index contributed by atoms with van der Waals surface area (Å²) in [6.45, 7) is 3.36. The van der Waals surface area contributed by atoms with Crippen LogP contribution in [0.25, 0.3) is 0 Å². The molecule has 0 amide bonds. The maximum Gasteiger partial charge on any atom is 0.123 e. The Morgan fingerprint density at radius 1 is 1.17 bits per heavy atom. The van der Waals surface area contributed by atoms with Crippen molar-refractivity contribution in [2.45, 2.75) is 18.9 Å². The van der Waals surface area contributed by atoms with Gasteiger partial charge in [-0.1, -0.05) is 41.9 Å². The van der Waals surface area contributed by atoms with Crippen LogP contribution in [0.1, 0.15) is 23.5 Å². The number of aliphatic hydroxyl groups excluding tert-OH is 1. The lowest BCUT2D eigenvalue weighted by atomic mass is 9.99. The van der Waals surface area contributed by atoms with Gasteiger partial charge in [0.2, 0.25) is 0 Å². The van der Waals surface area contributed by atoms with Gasteiger partial charge in [0, 0.05) is 23.7 Å². The van der Waals surface area contributed by atoms with Crippen molar-refractivity contribution in [2.75, 3.05) is 26.3 Å². The van der Waals surface area contributed by atoms with Gasteiger partial charge in [0.15, 0.2) is 0 Å². The quantitative estimate of drug-likeness (QED) is 0.876. The third-order valence-electron chi connectivity index (χ3n) is 4.31. The molecule has 1 N–H and O–H groups in total. The van der Waals surface area contributed by atoms with Crippen molar-refractivity contribution in [2.24, 2.45) is 0 Å². The van der Waals surface area contributed by atoms with E-state index >= 15 is 0 Å². The van der Waals surface area contributed by atoms with E-state index in [4.69, 9.17) is 21.4 Å². The summed E-state index contributed by atoms with van der Waals surface area (Å²) in [5.41, 5.74) is 2.50. The van der Waals surface area contributed by atoms with Gasteiger partial charge in [0.1, 0.15) is 12.4 Å². The van der Waals surface area contributed by atoms with Crippen LogP contribution in [0, 0.1) is 0 Å². The summed E-state index contributed by atoms with van der Waals surface area (Å²) in [6, 6.07) is 16.3. The summed E-state index contributed by atoms with van der Waals surface area (Å²) in [5.74, 6) is 1.41. The Labute approximate surface area is 142 Å². The molecule has 0 aromatic heterocycles. The zero-order valence-electron chi connectivity index (χ0n) is 13.1. The highest BCUT2D eigenvalue weighted by molar-refractivity contribution is 6.30. The molecule has 122 valence electrons. The van der Waals surface area contributed by atoms with Crippen LogP contribution < -0.4 is 4.74 Å². The number of para-hydroxylation sites is 1. The minimum atomic E-state index is 0.0366. The first-order chi connectivity index (χ1) is 11.3. The van der Waals surface area contributed by atoms with Gasteiger partial charge < -0.3 is 9.84 Å². The van der Waals surface area contributed by atoms with E-state index in [0.29, 0.717) is 12.5 Å². The Morgan fingerprint density at radius 3 is 2.87 bits per heavy atom. The van der Waals surface area contributed by atoms with Crippen LogP contribution in [0.3, 0.4) is 0 Å². The van der Waals surface area contributed by atoms with Crippen LogP contribution >= 0.6 is 11.6 Å². The topological polar surface area (TPSA) is 32.7 Å². The third-order valence-corrected chi connectivity index (χ3v) is 4.54. The van der Waals surface area contributed by atoms with E-state index in [1.807, 2.05) is 30.3 Å². The number of hydrogen-bond donors (Lipinski definition) is 1. The fourth-order valence-electron chi connectivity index (χ4n) is 3.18. The zero-order chi connectivity index (χ0) is 16.1. The summed E-state index contributed by atoms with van der Waals surface area (Å²) < 4.78 is 5.63. The standard InChI is InChI=1S/C19H22ClNO2/c20-18-6-3-5-15(12-18)16-8-9-21(13-16)14-17-4-1-2-7-19(17)23-11-10-22/h1-7,12,16,22H,8-11,13-14H2. The summed E-state index contributed by atoms with van der Waals surface area (Å²) in [5, 5.41) is 9.75. The molecule has 3 nitrogen and oxygen atoms in total. The van der Waals surface area contributed by atoms with E-state index in [9.17, 15) is 0 Å². The maximum atomic E-state index is 8.94. The molecule has 1 fully saturated rings. The average Bonchev–Trinajstić information content (AvgIpc) is 3.03. The number of hydrogen-bond acceptors (Lipinski definition) is 3. The molecule has 2 aromatic rings. The molecule has 0 spiro atoms. The molecule has 1 saturated heterocycles. The number of halogens is 1. The molecule has 1 atom stereocenters. The number of rotatable bonds is 6. The zero-order valence-corrected chi connectivity index (χ0v) is 13.9. The predicted octanol–water partition coefficient (Wildman–Crippen LogP) is 3.70. The van der Waals surface area contributed by atoms with E-state index < -0.39 is 0 Å². The number of ether oxygens (including phenoxy) is 1. The van der Waals surface area contributed by atoms with Crippen molar-refractivity contribution >= 4 is 11.6 Å². The Kier molecular flexibility index (Phi) is 5.55. The molecule has 4 heteroatoms. The van der Waals surface area contributed by atoms with Crippen molar-refractivity contribution in [3.05, 3.63) is 64.7 Å². The molecule has 23 heavy (non-hydrogen) atoms. The van der Waals surface area contributed by atoms with E-state index in [-0.39, 0.29) is 6.61 Å². The lowest BCUT2D eigenvalue weighted by Gasteiger charge is -2.18. The smallest absolute Gasteiger partial charge is 0.123 e. The Bertz CT molecular complexity index is 647. The van der Waals surface area contributed by atoms with Crippen molar-refractivity contribution in [3.8, 4) is 5.75 Å². The monoisotopic (exact) mass is 331 g/mol. The fourth-order valence-corrected chi connectivity index (χ4v) is 3.38. The second-order valence-electron chi connectivity index (χ2n) is 5.96. The van der Waals surface area contributed by atoms with Gasteiger partial charge >= 0.3 is 0 Å². The van der Waals surface area contributed by atoms with Crippen LogP contribution in [-0.4, -0.2) is 36.3 Å². The molecule has 0 radical (unpaired) electrons. The molecule has 1 aliphatic rings. The van der Waals surface area contributed by atoms with E-state index in [1.54, 1.807) is 0 Å². The first kappa shape index (κ1) is 16.3. The second-order valence-corrected chi connectivity index (χ2v) is 6.39. The molecular formula is C19H22ClNO2. The Balaban J connectivity index is 1.64. The first-order valence-corrected chi connectivity index (χ1v) is 8.43. The molecule has 0 bridgehead atoms. The second kappa shape index (κ2) is 7.82. The van der Waals surface area contributed by atoms with Gasteiger partial charge in [0.25, 0.3) is 0 Å². The number of likely N-dealkylation sites (tertiary alicyclic amines) is 1. The molecule has 2 aromatic carbocycles. The van der Waals surface area contributed by atoms with E-state index in [1.165, 1.54) is 11.1 Å². The van der Waals surface area contributed by atoms with Crippen LogP contribution in [0.5, 0.6) is 5.75 Å². The molecule has 1 unspecified atom stereocenters. The van der Waals surface area contributed by atoms with E-state index in [0.717, 1.165) is 36.8 Å². The van der Waals surface area contributed by atoms with Crippen molar-refractivity contribution < 1.29 is 9.84 Å². The number of benzene rings is 2. The molecular weight excluding hydrogens is 310 g/mol. The average molecular weight is 332 g/mol. The van der Waals surface area contributed by atoms with Gasteiger partial charge in [-0.3, -0.25) is 4.90 Å². The first-order valence-electron chi connectivity index (χ1n) is 8.05. The SMILES string of the molecule is OCCOc1ccccc1CN1CCC(c2cccc(Cl)c2)C1. The summed E-state index contributed by atoms with van der Waals surface area (Å²) in [4.78, 5) is 2.45. The van der Waals surface area contributed by atoms with Gasteiger partial charge in [0.05, 0.1) is 6.61 Å². The van der Waals surface area contributed by atoms with Crippen LogP contribution in [0.15, 0.2) is 48.5 Å². The van der Waals surface area contributed by atoms with E-state index in [2.05, 4.69) is 23.1 Å². The van der Waals surface area contributed by atoms with Crippen molar-refractivity contribution in [3.63, 3.8) is 0 Å². The predicted molar refractivity (Wildman–Crippen MR) is 93.1 cm³/mol. The molecule has 0 saturated carbocycles. The largest absolute Gasteiger partial charge is 0.491 e. The Hall–Kier alpha value is -1.55. The molecule has 3 rings (SSSR count). The number of aliphatic hydroxyl groups is 1. The van der Waals surface area contributed by atoms with Gasteiger partial charge in [-0.2, -0.15) is 0 Å². The van der Waals surface area contributed by atoms with Crippen molar-refractivity contribution in [1.29, 1.82) is 0 Å². The molecule has 0 aliphatic carbocycles. The highest BCUT2D eigenvalue weighted by atomic mass is 35.5. The van der Waals surface area contributed by atoms with Gasteiger partial charge in [-0.15, -0.1) is 0 Å². The lowest BCUT2D eigenvalue weighted by molar-refractivity contribution is 0.198. The van der Waals surface area contributed by atoms with Gasteiger partial charge in [-0.25, -0.2) is 0 Å². The lowest BCUT2D eigenvalue weighted by Crippen LogP contribution is -2.20. The number of nitrogens with zero attached hydrogens (tertiary/aromatic N) is 1.